The van der Waals surface area contributed by atoms with Crippen LogP contribution in [0.25, 0.3) is 11.0 Å². The number of carbonyl (C=O) groups excluding carboxylic acids is 1. The lowest BCUT2D eigenvalue weighted by Crippen LogP contribution is -2.50. The summed E-state index contributed by atoms with van der Waals surface area (Å²) in [5.74, 6) is 1.47. The topological polar surface area (TPSA) is 105 Å². The van der Waals surface area contributed by atoms with Gasteiger partial charge in [-0.1, -0.05) is 13.8 Å². The van der Waals surface area contributed by atoms with Crippen LogP contribution in [0, 0.1) is 5.92 Å². The minimum atomic E-state index is -3.70. The van der Waals surface area contributed by atoms with Crippen LogP contribution in [0.4, 0.5) is 0 Å². The molecule has 3 aromatic rings. The number of fused-ring (bicyclic) bond motifs is 1. The molecule has 0 unspecified atom stereocenters. The van der Waals surface area contributed by atoms with Gasteiger partial charge in [0.2, 0.25) is 10.0 Å². The lowest BCUT2D eigenvalue weighted by molar-refractivity contribution is 0.0697. The average molecular weight is 487 g/mol. The number of aromatic nitrogens is 2. The molecule has 1 aromatic carbocycles. The maximum atomic E-state index is 13.2. The lowest BCUT2D eigenvalue weighted by Gasteiger charge is -2.34. The highest BCUT2D eigenvalue weighted by Gasteiger charge is 2.32. The Kier molecular flexibility index (Phi) is 7.08. The first-order valence-electron chi connectivity index (χ1n) is 11.3. The first kappa shape index (κ1) is 24.0. The van der Waals surface area contributed by atoms with Crippen LogP contribution in [-0.2, 0) is 10.0 Å². The molecule has 1 aliphatic rings. The first-order chi connectivity index (χ1) is 16.3. The number of H-pyrrole nitrogens is 1. The zero-order chi connectivity index (χ0) is 24.3. The van der Waals surface area contributed by atoms with E-state index in [2.05, 4.69) is 23.8 Å². The number of sulfonamides is 1. The fourth-order valence-electron chi connectivity index (χ4n) is 3.92. The minimum absolute atomic E-state index is 0.166. The third-order valence-electron chi connectivity index (χ3n) is 5.92. The first-order valence-corrected chi connectivity index (χ1v) is 12.8. The summed E-state index contributed by atoms with van der Waals surface area (Å²) in [4.78, 5) is 22.0. The van der Waals surface area contributed by atoms with Crippen molar-refractivity contribution in [2.75, 3.05) is 39.9 Å². The third kappa shape index (κ3) is 4.88. The fraction of sp³-hybridized carbons (Fsp3) is 0.417. The number of carbonyl (C=O) groups is 1. The summed E-state index contributed by atoms with van der Waals surface area (Å²) in [7, 11) is -2.16. The fourth-order valence-corrected chi connectivity index (χ4v) is 5.49. The summed E-state index contributed by atoms with van der Waals surface area (Å²) in [5.41, 5.74) is 1.01. The molecule has 0 radical (unpaired) electrons. The summed E-state index contributed by atoms with van der Waals surface area (Å²) in [6.45, 7) is 5.87. The van der Waals surface area contributed by atoms with Gasteiger partial charge in [0.1, 0.15) is 10.5 Å². The SMILES string of the molecule is COc1cc(C(=O)N2CCN(S(=O)(=O)c3c[nH]c4ncccc34)CC2)ccc1OCCC(C)C. The van der Waals surface area contributed by atoms with Crippen molar-refractivity contribution in [3.8, 4) is 11.5 Å². The van der Waals surface area contributed by atoms with E-state index < -0.39 is 10.0 Å². The molecule has 10 heteroatoms. The third-order valence-corrected chi connectivity index (χ3v) is 7.86. The van der Waals surface area contributed by atoms with Gasteiger partial charge in [-0.15, -0.1) is 0 Å². The standard InChI is InChI=1S/C24H30N4O5S/c1-17(2)8-14-33-20-7-6-18(15-21(20)32-3)24(29)27-10-12-28(13-11-27)34(30,31)22-16-26-23-19(22)5-4-9-25-23/h4-7,9,15-17H,8,10-14H2,1-3H3,(H,25,26). The molecule has 9 nitrogen and oxygen atoms in total. The molecule has 3 heterocycles. The summed E-state index contributed by atoms with van der Waals surface area (Å²) in [5, 5.41) is 0.559. The van der Waals surface area contributed by atoms with Crippen LogP contribution >= 0.6 is 0 Å². The number of hydrogen-bond acceptors (Lipinski definition) is 6. The Labute approximate surface area is 199 Å². The molecule has 0 saturated carbocycles. The van der Waals surface area contributed by atoms with Crippen LogP contribution in [0.5, 0.6) is 11.5 Å². The second-order valence-electron chi connectivity index (χ2n) is 8.65. The van der Waals surface area contributed by atoms with Gasteiger partial charge in [0.15, 0.2) is 11.5 Å². The van der Waals surface area contributed by atoms with Crippen LogP contribution < -0.4 is 9.47 Å². The van der Waals surface area contributed by atoms with Crippen LogP contribution in [0.15, 0.2) is 47.6 Å². The molecule has 4 rings (SSSR count). The molecule has 1 N–H and O–H groups in total. The Morgan fingerprint density at radius 2 is 1.91 bits per heavy atom. The van der Waals surface area contributed by atoms with Crippen molar-refractivity contribution in [1.29, 1.82) is 0 Å². The van der Waals surface area contributed by atoms with Gasteiger partial charge in [0.05, 0.1) is 13.7 Å². The van der Waals surface area contributed by atoms with Crippen molar-refractivity contribution >= 4 is 27.0 Å². The van der Waals surface area contributed by atoms with E-state index in [0.29, 0.717) is 53.7 Å². The number of nitrogens with one attached hydrogen (secondary N) is 1. The number of ether oxygens (including phenoxy) is 2. The van der Waals surface area contributed by atoms with Gasteiger partial charge in [-0.2, -0.15) is 4.31 Å². The van der Waals surface area contributed by atoms with Crippen molar-refractivity contribution in [3.05, 3.63) is 48.3 Å². The Morgan fingerprint density at radius 3 is 2.62 bits per heavy atom. The minimum Gasteiger partial charge on any atom is -0.493 e. The normalized spacial score (nSPS) is 15.1. The van der Waals surface area contributed by atoms with Gasteiger partial charge in [0, 0.05) is 49.5 Å². The van der Waals surface area contributed by atoms with E-state index >= 15 is 0 Å². The van der Waals surface area contributed by atoms with Crippen molar-refractivity contribution in [3.63, 3.8) is 0 Å². The van der Waals surface area contributed by atoms with Gasteiger partial charge in [-0.3, -0.25) is 4.79 Å². The molecular formula is C24H30N4O5S. The van der Waals surface area contributed by atoms with Gasteiger partial charge >= 0.3 is 0 Å². The van der Waals surface area contributed by atoms with Crippen LogP contribution in [0.2, 0.25) is 0 Å². The number of piperazine rings is 1. The highest BCUT2D eigenvalue weighted by atomic mass is 32.2. The number of benzene rings is 1. The highest BCUT2D eigenvalue weighted by molar-refractivity contribution is 7.89. The van der Waals surface area contributed by atoms with Gasteiger partial charge in [-0.25, -0.2) is 13.4 Å². The van der Waals surface area contributed by atoms with Crippen LogP contribution in [0.3, 0.4) is 0 Å². The highest BCUT2D eigenvalue weighted by Crippen LogP contribution is 2.30. The number of methoxy groups -OCH3 is 1. The number of rotatable bonds is 8. The molecule has 1 saturated heterocycles. The second kappa shape index (κ2) is 10.0. The summed E-state index contributed by atoms with van der Waals surface area (Å²) in [6, 6.07) is 8.58. The molecule has 0 atom stereocenters. The maximum absolute atomic E-state index is 13.2. The van der Waals surface area contributed by atoms with Gasteiger partial charge in [0.25, 0.3) is 5.91 Å². The van der Waals surface area contributed by atoms with E-state index in [9.17, 15) is 13.2 Å². The number of aromatic amines is 1. The molecule has 2 aromatic heterocycles. The van der Waals surface area contributed by atoms with E-state index in [-0.39, 0.29) is 23.9 Å². The molecule has 0 aliphatic carbocycles. The number of nitrogens with zero attached hydrogens (tertiary/aromatic N) is 3. The molecule has 34 heavy (non-hydrogen) atoms. The molecule has 182 valence electrons. The van der Waals surface area contributed by atoms with E-state index in [1.807, 2.05) is 0 Å². The molecule has 1 aliphatic heterocycles. The van der Waals surface area contributed by atoms with Crippen molar-refractivity contribution in [2.45, 2.75) is 25.2 Å². The van der Waals surface area contributed by atoms with Crippen LogP contribution in [0.1, 0.15) is 30.6 Å². The summed E-state index contributed by atoms with van der Waals surface area (Å²) < 4.78 is 39.1. The quantitative estimate of drug-likeness (QED) is 0.525. The molecule has 0 spiro atoms. The lowest BCUT2D eigenvalue weighted by atomic mass is 10.1. The molecule has 0 bridgehead atoms. The van der Waals surface area contributed by atoms with Crippen molar-refractivity contribution in [2.24, 2.45) is 5.92 Å². The van der Waals surface area contributed by atoms with E-state index in [1.165, 1.54) is 10.5 Å². The van der Waals surface area contributed by atoms with Gasteiger partial charge < -0.3 is 19.4 Å². The van der Waals surface area contributed by atoms with E-state index in [0.717, 1.165) is 6.42 Å². The second-order valence-corrected chi connectivity index (χ2v) is 10.6. The predicted molar refractivity (Wildman–Crippen MR) is 129 cm³/mol. The number of hydrogen-bond donors (Lipinski definition) is 1. The molecule has 1 amide bonds. The average Bonchev–Trinajstić information content (AvgIpc) is 3.29. The monoisotopic (exact) mass is 486 g/mol. The Hall–Kier alpha value is -3.11. The Bertz CT molecular complexity index is 1260. The molecule has 1 fully saturated rings. The smallest absolute Gasteiger partial charge is 0.254 e. The van der Waals surface area contributed by atoms with Crippen molar-refractivity contribution in [1.82, 2.24) is 19.2 Å². The maximum Gasteiger partial charge on any atom is 0.254 e. The van der Waals surface area contributed by atoms with E-state index in [4.69, 9.17) is 9.47 Å². The molecular weight excluding hydrogens is 456 g/mol. The van der Waals surface area contributed by atoms with Gasteiger partial charge in [-0.05, 0) is 42.7 Å². The number of amides is 1. The largest absolute Gasteiger partial charge is 0.493 e. The zero-order valence-electron chi connectivity index (χ0n) is 19.7. The van der Waals surface area contributed by atoms with E-state index in [1.54, 1.807) is 48.5 Å². The Morgan fingerprint density at radius 1 is 1.15 bits per heavy atom. The van der Waals surface area contributed by atoms with Crippen molar-refractivity contribution < 1.29 is 22.7 Å². The summed E-state index contributed by atoms with van der Waals surface area (Å²) in [6.07, 6.45) is 4.01. The van der Waals surface area contributed by atoms with Crippen LogP contribution in [-0.4, -0.2) is 73.4 Å². The predicted octanol–water partition coefficient (Wildman–Crippen LogP) is 3.14. The number of pyridine rings is 1. The Balaban J connectivity index is 1.42. The summed E-state index contributed by atoms with van der Waals surface area (Å²) >= 11 is 0. The zero-order valence-corrected chi connectivity index (χ0v) is 20.5.